The molecule has 28 heavy (non-hydrogen) atoms. The Morgan fingerprint density at radius 3 is 2.00 bits per heavy atom. The van der Waals surface area contributed by atoms with E-state index in [-0.39, 0.29) is 17.6 Å². The smallest absolute Gasteiger partial charge is 0.165 e. The number of Topliss-reactive ketones (excluding diaryl/α,β-unsaturated/α-hetero) is 1. The number of halogens is 1. The zero-order chi connectivity index (χ0) is 20.1. The lowest BCUT2D eigenvalue weighted by molar-refractivity contribution is 0.0976. The molecule has 3 aromatic rings. The molecule has 144 valence electrons. The molecule has 3 heteroatoms. The van der Waals surface area contributed by atoms with Gasteiger partial charge in [-0.2, -0.15) is 0 Å². The predicted molar refractivity (Wildman–Crippen MR) is 113 cm³/mol. The SMILES string of the molecule is Cc1ccc(NC(CC(=O)c2ccc(F)cc2)c2ccc(C(C)C)cc2)cc1. The number of hydrogen-bond acceptors (Lipinski definition) is 2. The highest BCUT2D eigenvalue weighted by atomic mass is 19.1. The summed E-state index contributed by atoms with van der Waals surface area (Å²) in [5, 5.41) is 3.49. The van der Waals surface area contributed by atoms with Crippen molar-refractivity contribution in [2.45, 2.75) is 39.2 Å². The Hall–Kier alpha value is -2.94. The van der Waals surface area contributed by atoms with Crippen LogP contribution in [0.15, 0.2) is 72.8 Å². The number of nitrogens with one attached hydrogen (secondary N) is 1. The molecule has 1 unspecified atom stereocenters. The molecule has 1 atom stereocenters. The maximum Gasteiger partial charge on any atom is 0.165 e. The van der Waals surface area contributed by atoms with Crippen LogP contribution in [0.5, 0.6) is 0 Å². The van der Waals surface area contributed by atoms with Crippen LogP contribution in [-0.4, -0.2) is 5.78 Å². The van der Waals surface area contributed by atoms with Crippen LogP contribution in [0.25, 0.3) is 0 Å². The van der Waals surface area contributed by atoms with Crippen LogP contribution in [0.3, 0.4) is 0 Å². The van der Waals surface area contributed by atoms with Gasteiger partial charge in [-0.3, -0.25) is 4.79 Å². The van der Waals surface area contributed by atoms with Gasteiger partial charge in [-0.25, -0.2) is 4.39 Å². The van der Waals surface area contributed by atoms with E-state index in [2.05, 4.69) is 43.4 Å². The molecule has 0 heterocycles. The first kappa shape index (κ1) is 19.8. The quantitative estimate of drug-likeness (QED) is 0.466. The summed E-state index contributed by atoms with van der Waals surface area (Å²) in [6.45, 7) is 6.37. The van der Waals surface area contributed by atoms with Crippen molar-refractivity contribution in [1.82, 2.24) is 0 Å². The van der Waals surface area contributed by atoms with E-state index in [1.165, 1.54) is 23.3 Å². The molecule has 1 N–H and O–H groups in total. The molecule has 0 aromatic heterocycles. The number of hydrogen-bond donors (Lipinski definition) is 1. The van der Waals surface area contributed by atoms with E-state index in [1.807, 2.05) is 31.2 Å². The fourth-order valence-electron chi connectivity index (χ4n) is 3.16. The largest absolute Gasteiger partial charge is 0.378 e. The average molecular weight is 375 g/mol. The molecular formula is C25H26FNO. The monoisotopic (exact) mass is 375 g/mol. The first-order valence-electron chi connectivity index (χ1n) is 9.64. The third kappa shape index (κ3) is 5.07. The molecule has 0 bridgehead atoms. The molecule has 0 spiro atoms. The Morgan fingerprint density at radius 2 is 1.43 bits per heavy atom. The number of carbonyl (C=O) groups is 1. The molecule has 0 radical (unpaired) electrons. The fourth-order valence-corrected chi connectivity index (χ4v) is 3.16. The van der Waals surface area contributed by atoms with E-state index >= 15 is 0 Å². The normalized spacial score (nSPS) is 12.0. The minimum atomic E-state index is -0.338. The molecule has 0 saturated carbocycles. The Morgan fingerprint density at radius 1 is 0.857 bits per heavy atom. The summed E-state index contributed by atoms with van der Waals surface area (Å²) in [6, 6.07) is 22.1. The van der Waals surface area contributed by atoms with Gasteiger partial charge in [-0.15, -0.1) is 0 Å². The van der Waals surface area contributed by atoms with Crippen molar-refractivity contribution >= 4 is 11.5 Å². The summed E-state index contributed by atoms with van der Waals surface area (Å²) >= 11 is 0. The number of carbonyl (C=O) groups excluding carboxylic acids is 1. The molecule has 0 aliphatic carbocycles. The van der Waals surface area contributed by atoms with Crippen LogP contribution in [-0.2, 0) is 0 Å². The van der Waals surface area contributed by atoms with Crippen molar-refractivity contribution in [2.75, 3.05) is 5.32 Å². The molecule has 3 aromatic carbocycles. The lowest BCUT2D eigenvalue weighted by atomic mass is 9.94. The van der Waals surface area contributed by atoms with Crippen LogP contribution < -0.4 is 5.32 Å². The Labute approximate surface area is 166 Å². The minimum absolute atomic E-state index is 0.0162. The average Bonchev–Trinajstić information content (AvgIpc) is 2.69. The number of anilines is 1. The first-order valence-corrected chi connectivity index (χ1v) is 9.64. The van der Waals surface area contributed by atoms with Crippen LogP contribution in [0.4, 0.5) is 10.1 Å². The van der Waals surface area contributed by atoms with E-state index in [0.29, 0.717) is 17.9 Å². The number of benzene rings is 3. The lowest BCUT2D eigenvalue weighted by Gasteiger charge is -2.21. The van der Waals surface area contributed by atoms with E-state index < -0.39 is 0 Å². The van der Waals surface area contributed by atoms with E-state index in [0.717, 1.165) is 11.3 Å². The summed E-state index contributed by atoms with van der Waals surface area (Å²) < 4.78 is 13.2. The van der Waals surface area contributed by atoms with Crippen molar-refractivity contribution in [3.05, 3.63) is 101 Å². The predicted octanol–water partition coefficient (Wildman–Crippen LogP) is 6.68. The molecule has 3 rings (SSSR count). The van der Waals surface area contributed by atoms with Crippen LogP contribution in [0, 0.1) is 12.7 Å². The number of rotatable bonds is 7. The van der Waals surface area contributed by atoms with Gasteiger partial charge in [0.15, 0.2) is 5.78 Å². The van der Waals surface area contributed by atoms with Gasteiger partial charge in [0.1, 0.15) is 5.82 Å². The lowest BCUT2D eigenvalue weighted by Crippen LogP contribution is -2.16. The topological polar surface area (TPSA) is 29.1 Å². The molecule has 0 aliphatic heterocycles. The fraction of sp³-hybridized carbons (Fsp3) is 0.240. The van der Waals surface area contributed by atoms with Crippen molar-refractivity contribution < 1.29 is 9.18 Å². The highest BCUT2D eigenvalue weighted by molar-refractivity contribution is 5.96. The van der Waals surface area contributed by atoms with Gasteiger partial charge in [0.05, 0.1) is 6.04 Å². The summed E-state index contributed by atoms with van der Waals surface area (Å²) in [7, 11) is 0. The molecule has 0 aliphatic rings. The van der Waals surface area contributed by atoms with Gasteiger partial charge in [0.2, 0.25) is 0 Å². The van der Waals surface area contributed by atoms with Crippen molar-refractivity contribution in [1.29, 1.82) is 0 Å². The van der Waals surface area contributed by atoms with Gasteiger partial charge in [0, 0.05) is 17.7 Å². The Bertz CT molecular complexity index is 912. The second kappa shape index (κ2) is 8.83. The van der Waals surface area contributed by atoms with Gasteiger partial charge in [-0.1, -0.05) is 55.8 Å². The molecule has 0 saturated heterocycles. The summed E-state index contributed by atoms with van der Waals surface area (Å²) in [4.78, 5) is 12.8. The van der Waals surface area contributed by atoms with Crippen molar-refractivity contribution in [3.63, 3.8) is 0 Å². The summed E-state index contributed by atoms with van der Waals surface area (Å²) in [5.41, 5.74) is 5.00. The Kier molecular flexibility index (Phi) is 6.25. The maximum atomic E-state index is 13.2. The van der Waals surface area contributed by atoms with E-state index in [4.69, 9.17) is 0 Å². The maximum absolute atomic E-state index is 13.2. The third-order valence-electron chi connectivity index (χ3n) is 4.95. The first-order chi connectivity index (χ1) is 13.4. The van der Waals surface area contributed by atoms with Crippen LogP contribution in [0.1, 0.15) is 59.3 Å². The standard InChI is InChI=1S/C25H26FNO/c1-17(2)19-6-8-20(9-7-19)24(27-23-14-4-18(3)5-15-23)16-25(28)21-10-12-22(26)13-11-21/h4-15,17,24,27H,16H2,1-3H3. The molecule has 2 nitrogen and oxygen atoms in total. The highest BCUT2D eigenvalue weighted by Crippen LogP contribution is 2.26. The van der Waals surface area contributed by atoms with Gasteiger partial charge >= 0.3 is 0 Å². The van der Waals surface area contributed by atoms with E-state index in [1.54, 1.807) is 12.1 Å². The molecule has 0 amide bonds. The van der Waals surface area contributed by atoms with Gasteiger partial charge < -0.3 is 5.32 Å². The number of aryl methyl sites for hydroxylation is 1. The Balaban J connectivity index is 1.85. The minimum Gasteiger partial charge on any atom is -0.378 e. The third-order valence-corrected chi connectivity index (χ3v) is 4.95. The summed E-state index contributed by atoms with van der Waals surface area (Å²) in [6.07, 6.45) is 0.292. The second-order valence-electron chi connectivity index (χ2n) is 7.52. The number of ketones is 1. The second-order valence-corrected chi connectivity index (χ2v) is 7.52. The zero-order valence-electron chi connectivity index (χ0n) is 16.6. The van der Waals surface area contributed by atoms with Crippen molar-refractivity contribution in [2.24, 2.45) is 0 Å². The van der Waals surface area contributed by atoms with Gasteiger partial charge in [0.25, 0.3) is 0 Å². The van der Waals surface area contributed by atoms with E-state index in [9.17, 15) is 9.18 Å². The van der Waals surface area contributed by atoms with Gasteiger partial charge in [-0.05, 0) is 60.4 Å². The van der Waals surface area contributed by atoms with Crippen LogP contribution in [0.2, 0.25) is 0 Å². The zero-order valence-corrected chi connectivity index (χ0v) is 16.6. The molecular weight excluding hydrogens is 349 g/mol. The van der Waals surface area contributed by atoms with Crippen molar-refractivity contribution in [3.8, 4) is 0 Å². The van der Waals surface area contributed by atoms with Crippen LogP contribution >= 0.6 is 0 Å². The molecule has 0 fully saturated rings. The highest BCUT2D eigenvalue weighted by Gasteiger charge is 2.18. The summed E-state index contributed by atoms with van der Waals surface area (Å²) in [5.74, 6) is 0.103.